The summed E-state index contributed by atoms with van der Waals surface area (Å²) in [5.41, 5.74) is 1.21. The van der Waals surface area contributed by atoms with Crippen molar-refractivity contribution in [3.63, 3.8) is 0 Å². The van der Waals surface area contributed by atoms with Crippen molar-refractivity contribution >= 4 is 17.7 Å². The Hall–Kier alpha value is -3.55. The first-order valence-corrected chi connectivity index (χ1v) is 7.60. The van der Waals surface area contributed by atoms with Gasteiger partial charge in [-0.2, -0.15) is 13.9 Å². The van der Waals surface area contributed by atoms with E-state index >= 15 is 0 Å². The van der Waals surface area contributed by atoms with Gasteiger partial charge in [0.2, 0.25) is 5.91 Å². The molecule has 3 rings (SSSR count). The number of hydrogen-bond acceptors (Lipinski definition) is 4. The van der Waals surface area contributed by atoms with Gasteiger partial charge in [-0.05, 0) is 42.0 Å². The van der Waals surface area contributed by atoms with Crippen molar-refractivity contribution in [2.24, 2.45) is 0 Å². The standard InChI is InChI=1S/C18H14F2N4O2/c19-18(20)26-15-6-2-13(3-7-15)4-9-17(25)23-14-5-8-16(21-12-14)24-11-1-10-22-24/h1-12,18H,(H,23,25)/b9-4+. The predicted molar refractivity (Wildman–Crippen MR) is 92.1 cm³/mol. The van der Waals surface area contributed by atoms with Crippen LogP contribution in [-0.2, 0) is 4.79 Å². The number of rotatable bonds is 6. The second-order valence-electron chi connectivity index (χ2n) is 5.13. The number of carbonyl (C=O) groups excluding carboxylic acids is 1. The first kappa shape index (κ1) is 17.3. The lowest BCUT2D eigenvalue weighted by molar-refractivity contribution is -0.111. The molecule has 0 unspecified atom stereocenters. The van der Waals surface area contributed by atoms with E-state index in [2.05, 4.69) is 20.1 Å². The number of pyridine rings is 1. The molecule has 8 heteroatoms. The molecule has 0 bridgehead atoms. The molecule has 132 valence electrons. The number of halogens is 2. The van der Waals surface area contributed by atoms with E-state index in [1.165, 1.54) is 24.4 Å². The van der Waals surface area contributed by atoms with E-state index in [1.807, 2.05) is 0 Å². The molecule has 0 saturated carbocycles. The van der Waals surface area contributed by atoms with Crippen LogP contribution in [0.15, 0.2) is 67.1 Å². The summed E-state index contributed by atoms with van der Waals surface area (Å²) in [7, 11) is 0. The van der Waals surface area contributed by atoms with Crippen molar-refractivity contribution in [2.75, 3.05) is 5.32 Å². The number of carbonyl (C=O) groups is 1. The van der Waals surface area contributed by atoms with Crippen molar-refractivity contribution in [2.45, 2.75) is 6.61 Å². The maximum Gasteiger partial charge on any atom is 0.387 e. The Morgan fingerprint density at radius 3 is 2.62 bits per heavy atom. The minimum absolute atomic E-state index is 0.0601. The van der Waals surface area contributed by atoms with Crippen LogP contribution in [0, 0.1) is 0 Å². The summed E-state index contributed by atoms with van der Waals surface area (Å²) in [6.07, 6.45) is 7.84. The number of nitrogens with one attached hydrogen (secondary N) is 1. The fraction of sp³-hybridized carbons (Fsp3) is 0.0556. The van der Waals surface area contributed by atoms with Crippen LogP contribution in [0.4, 0.5) is 14.5 Å². The molecule has 0 fully saturated rings. The third-order valence-electron chi connectivity index (χ3n) is 3.29. The van der Waals surface area contributed by atoms with E-state index in [9.17, 15) is 13.6 Å². The van der Waals surface area contributed by atoms with Crippen LogP contribution >= 0.6 is 0 Å². The molecule has 0 aliphatic carbocycles. The average molecular weight is 356 g/mol. The Balaban J connectivity index is 1.57. The summed E-state index contributed by atoms with van der Waals surface area (Å²) in [5.74, 6) is 0.353. The lowest BCUT2D eigenvalue weighted by Crippen LogP contribution is -2.08. The molecule has 0 spiro atoms. The number of hydrogen-bond donors (Lipinski definition) is 1. The highest BCUT2D eigenvalue weighted by molar-refractivity contribution is 6.01. The molecule has 0 saturated heterocycles. The Labute approximate surface area is 147 Å². The lowest BCUT2D eigenvalue weighted by Gasteiger charge is -2.04. The molecule has 0 aliphatic heterocycles. The fourth-order valence-electron chi connectivity index (χ4n) is 2.12. The van der Waals surface area contributed by atoms with Gasteiger partial charge in [0.25, 0.3) is 0 Å². The Kier molecular flexibility index (Phi) is 5.33. The largest absolute Gasteiger partial charge is 0.435 e. The van der Waals surface area contributed by atoms with Gasteiger partial charge in [0.1, 0.15) is 5.75 Å². The van der Waals surface area contributed by atoms with Crippen LogP contribution < -0.4 is 10.1 Å². The molecule has 1 aromatic carbocycles. The first-order chi connectivity index (χ1) is 12.6. The highest BCUT2D eigenvalue weighted by atomic mass is 19.3. The fourth-order valence-corrected chi connectivity index (χ4v) is 2.12. The number of ether oxygens (including phenoxy) is 1. The zero-order valence-electron chi connectivity index (χ0n) is 13.4. The molecule has 1 N–H and O–H groups in total. The van der Waals surface area contributed by atoms with Crippen LogP contribution in [0.2, 0.25) is 0 Å². The Morgan fingerprint density at radius 1 is 1.19 bits per heavy atom. The molecule has 6 nitrogen and oxygen atoms in total. The second-order valence-corrected chi connectivity index (χ2v) is 5.13. The molecule has 0 aliphatic rings. The minimum Gasteiger partial charge on any atom is -0.435 e. The minimum atomic E-state index is -2.87. The zero-order valence-corrected chi connectivity index (χ0v) is 13.4. The topological polar surface area (TPSA) is 69.0 Å². The zero-order chi connectivity index (χ0) is 18.4. The van der Waals surface area contributed by atoms with Gasteiger partial charge >= 0.3 is 6.61 Å². The number of anilines is 1. The van der Waals surface area contributed by atoms with Crippen molar-refractivity contribution in [3.05, 3.63) is 72.7 Å². The van der Waals surface area contributed by atoms with Gasteiger partial charge in [0.15, 0.2) is 5.82 Å². The van der Waals surface area contributed by atoms with Crippen molar-refractivity contribution in [1.82, 2.24) is 14.8 Å². The van der Waals surface area contributed by atoms with Crippen LogP contribution in [0.5, 0.6) is 5.75 Å². The molecular weight excluding hydrogens is 342 g/mol. The molecule has 0 atom stereocenters. The summed E-state index contributed by atoms with van der Waals surface area (Å²) in [6, 6.07) is 11.2. The Bertz CT molecular complexity index is 877. The smallest absolute Gasteiger partial charge is 0.387 e. The van der Waals surface area contributed by atoms with Gasteiger partial charge in [-0.25, -0.2) is 9.67 Å². The van der Waals surface area contributed by atoms with Gasteiger partial charge < -0.3 is 10.1 Å². The SMILES string of the molecule is O=C(/C=C/c1ccc(OC(F)F)cc1)Nc1ccc(-n2cccn2)nc1. The number of benzene rings is 1. The second kappa shape index (κ2) is 8.02. The first-order valence-electron chi connectivity index (χ1n) is 7.60. The van der Waals surface area contributed by atoms with Gasteiger partial charge in [0, 0.05) is 18.5 Å². The molecule has 2 heterocycles. The Morgan fingerprint density at radius 2 is 2.00 bits per heavy atom. The molecular formula is C18H14F2N4O2. The third kappa shape index (κ3) is 4.73. The molecule has 1 amide bonds. The summed E-state index contributed by atoms with van der Waals surface area (Å²) in [5, 5.41) is 6.75. The monoisotopic (exact) mass is 356 g/mol. The maximum absolute atomic E-state index is 12.1. The van der Waals surface area contributed by atoms with Crippen LogP contribution in [0.25, 0.3) is 11.9 Å². The number of aromatic nitrogens is 3. The predicted octanol–water partition coefficient (Wildman–Crippen LogP) is 3.52. The molecule has 2 aromatic heterocycles. The third-order valence-corrected chi connectivity index (χ3v) is 3.29. The van der Waals surface area contributed by atoms with E-state index in [0.29, 0.717) is 17.1 Å². The van der Waals surface area contributed by atoms with E-state index in [-0.39, 0.29) is 11.7 Å². The van der Waals surface area contributed by atoms with Crippen molar-refractivity contribution < 1.29 is 18.3 Å². The number of alkyl halides is 2. The normalized spacial score (nSPS) is 11.0. The maximum atomic E-state index is 12.1. The quantitative estimate of drug-likeness (QED) is 0.686. The summed E-state index contributed by atoms with van der Waals surface area (Å²) < 4.78 is 30.0. The van der Waals surface area contributed by atoms with Crippen molar-refractivity contribution in [1.29, 1.82) is 0 Å². The van der Waals surface area contributed by atoms with Crippen molar-refractivity contribution in [3.8, 4) is 11.6 Å². The van der Waals surface area contributed by atoms with Gasteiger partial charge in [-0.1, -0.05) is 12.1 Å². The van der Waals surface area contributed by atoms with Gasteiger partial charge in [-0.3, -0.25) is 4.79 Å². The van der Waals surface area contributed by atoms with Crippen LogP contribution in [0.3, 0.4) is 0 Å². The number of nitrogens with zero attached hydrogens (tertiary/aromatic N) is 3. The van der Waals surface area contributed by atoms with Crippen LogP contribution in [-0.4, -0.2) is 27.3 Å². The highest BCUT2D eigenvalue weighted by Gasteiger charge is 2.04. The molecule has 26 heavy (non-hydrogen) atoms. The lowest BCUT2D eigenvalue weighted by atomic mass is 10.2. The number of amides is 1. The average Bonchev–Trinajstić information content (AvgIpc) is 3.16. The molecule has 3 aromatic rings. The van der Waals surface area contributed by atoms with Crippen LogP contribution in [0.1, 0.15) is 5.56 Å². The van der Waals surface area contributed by atoms with E-state index in [1.54, 1.807) is 53.5 Å². The van der Waals surface area contributed by atoms with E-state index < -0.39 is 6.61 Å². The highest BCUT2D eigenvalue weighted by Crippen LogP contribution is 2.16. The molecule has 0 radical (unpaired) electrons. The van der Waals surface area contributed by atoms with Gasteiger partial charge in [0.05, 0.1) is 11.9 Å². The van der Waals surface area contributed by atoms with E-state index in [0.717, 1.165) is 0 Å². The van der Waals surface area contributed by atoms with Gasteiger partial charge in [-0.15, -0.1) is 0 Å². The van der Waals surface area contributed by atoms with E-state index in [4.69, 9.17) is 0 Å². The summed E-state index contributed by atoms with van der Waals surface area (Å²) in [4.78, 5) is 16.2. The summed E-state index contributed by atoms with van der Waals surface area (Å²) >= 11 is 0. The summed E-state index contributed by atoms with van der Waals surface area (Å²) in [6.45, 7) is -2.87.